The molecule has 0 radical (unpaired) electrons. The second-order valence-corrected chi connectivity index (χ2v) is 3.94. The molecule has 0 amide bonds. The van der Waals surface area contributed by atoms with Gasteiger partial charge in [0.15, 0.2) is 5.75 Å². The van der Waals surface area contributed by atoms with Crippen molar-refractivity contribution in [2.75, 3.05) is 25.2 Å². The van der Waals surface area contributed by atoms with Crippen LogP contribution in [0.15, 0.2) is 23.5 Å². The molecule has 6 heteroatoms. The normalized spacial score (nSPS) is 18.9. The maximum absolute atomic E-state index is 10.9. The van der Waals surface area contributed by atoms with Gasteiger partial charge in [0.2, 0.25) is 0 Å². The molecule has 1 heterocycles. The highest BCUT2D eigenvalue weighted by Crippen LogP contribution is 2.39. The highest BCUT2D eigenvalue weighted by Gasteiger charge is 2.29. The number of hydrogen-bond donors (Lipinski definition) is 1. The summed E-state index contributed by atoms with van der Waals surface area (Å²) < 4.78 is 5.54. The van der Waals surface area contributed by atoms with Gasteiger partial charge in [0.25, 0.3) is 0 Å². The van der Waals surface area contributed by atoms with Crippen LogP contribution in [0.4, 0.5) is 5.69 Å². The summed E-state index contributed by atoms with van der Waals surface area (Å²) in [5.74, 6) is 0.524. The van der Waals surface area contributed by atoms with Gasteiger partial charge in [-0.2, -0.15) is 0 Å². The van der Waals surface area contributed by atoms with Crippen LogP contribution in [0.25, 0.3) is 0 Å². The molecule has 0 aromatic heterocycles. The third kappa shape index (κ3) is 1.83. The van der Waals surface area contributed by atoms with Crippen molar-refractivity contribution in [2.24, 2.45) is 5.29 Å². The first-order valence-corrected chi connectivity index (χ1v) is 5.34. The number of ether oxygens (including phenoxy) is 1. The monoisotopic (exact) mass is 241 g/mol. The first kappa shape index (κ1) is 11.2. The number of nitroso groups, excluding NO2 is 1. The highest BCUT2D eigenvalue weighted by molar-refractivity contribution is 6.32. The van der Waals surface area contributed by atoms with Gasteiger partial charge in [0, 0.05) is 6.54 Å². The predicted octanol–water partition coefficient (Wildman–Crippen LogP) is 1.81. The molecule has 16 heavy (non-hydrogen) atoms. The summed E-state index contributed by atoms with van der Waals surface area (Å²) in [5, 5.41) is 7.93. The summed E-state index contributed by atoms with van der Waals surface area (Å²) in [4.78, 5) is 10.9. The number of nitrogens with one attached hydrogen (secondary N) is 1. The quantitative estimate of drug-likeness (QED) is 0.820. The zero-order valence-electron chi connectivity index (χ0n) is 8.81. The molecule has 2 rings (SSSR count). The molecule has 0 fully saturated rings. The van der Waals surface area contributed by atoms with Crippen LogP contribution < -0.4 is 15.1 Å². The second kappa shape index (κ2) is 4.67. The molecule has 0 aliphatic carbocycles. The van der Waals surface area contributed by atoms with E-state index in [0.29, 0.717) is 29.6 Å². The predicted molar refractivity (Wildman–Crippen MR) is 62.9 cm³/mol. The Morgan fingerprint density at radius 2 is 2.50 bits per heavy atom. The molecular formula is C10H12ClN3O2. The van der Waals surface area contributed by atoms with Crippen LogP contribution in [0.2, 0.25) is 5.02 Å². The van der Waals surface area contributed by atoms with Crippen molar-refractivity contribution in [1.29, 1.82) is 0 Å². The van der Waals surface area contributed by atoms with E-state index in [2.05, 4.69) is 10.6 Å². The fourth-order valence-electron chi connectivity index (χ4n) is 1.76. The topological polar surface area (TPSA) is 53.9 Å². The third-order valence-corrected chi connectivity index (χ3v) is 2.78. The second-order valence-electron chi connectivity index (χ2n) is 3.54. The minimum Gasteiger partial charge on any atom is -0.487 e. The average molecular weight is 242 g/mol. The number of hydrogen-bond acceptors (Lipinski definition) is 4. The van der Waals surface area contributed by atoms with Crippen LogP contribution in [0.3, 0.4) is 0 Å². The molecular weight excluding hydrogens is 230 g/mol. The molecule has 1 N–H and O–H groups in total. The summed E-state index contributed by atoms with van der Waals surface area (Å²) in [6, 6.07) is 5.16. The van der Waals surface area contributed by atoms with Gasteiger partial charge in [-0.15, -0.1) is 4.91 Å². The molecule has 1 aliphatic rings. The van der Waals surface area contributed by atoms with Gasteiger partial charge in [0.05, 0.1) is 10.3 Å². The largest absolute Gasteiger partial charge is 0.487 e. The fourth-order valence-corrected chi connectivity index (χ4v) is 1.98. The average Bonchev–Trinajstić information content (AvgIpc) is 2.29. The van der Waals surface area contributed by atoms with Crippen molar-refractivity contribution in [3.63, 3.8) is 0 Å². The van der Waals surface area contributed by atoms with Gasteiger partial charge >= 0.3 is 0 Å². The Morgan fingerprint density at radius 3 is 3.19 bits per heavy atom. The Morgan fingerprint density at radius 1 is 1.69 bits per heavy atom. The molecule has 0 saturated heterocycles. The lowest BCUT2D eigenvalue weighted by Crippen LogP contribution is -2.45. The molecule has 1 unspecified atom stereocenters. The Hall–Kier alpha value is -1.33. The van der Waals surface area contributed by atoms with Crippen LogP contribution in [0.5, 0.6) is 5.75 Å². The van der Waals surface area contributed by atoms with Crippen molar-refractivity contribution in [3.8, 4) is 5.75 Å². The summed E-state index contributed by atoms with van der Waals surface area (Å²) >= 11 is 5.98. The Balaban J connectivity index is 2.37. The van der Waals surface area contributed by atoms with Crippen molar-refractivity contribution in [1.82, 2.24) is 5.32 Å². The minimum atomic E-state index is -0.103. The Bertz CT molecular complexity index is 400. The van der Waals surface area contributed by atoms with Crippen LogP contribution in [-0.2, 0) is 0 Å². The standard InChI is InChI=1S/C10H12ClN3O2/c1-12-5-7-6-16-10-8(11)3-2-4-9(10)14(7)13-15/h2-4,7,12H,5-6H2,1H3. The van der Waals surface area contributed by atoms with Crippen LogP contribution in [0, 0.1) is 4.91 Å². The summed E-state index contributed by atoms with van der Waals surface area (Å²) in [6.07, 6.45) is 0. The van der Waals surface area contributed by atoms with Gasteiger partial charge < -0.3 is 10.1 Å². The lowest BCUT2D eigenvalue weighted by Gasteiger charge is -2.32. The molecule has 5 nitrogen and oxygen atoms in total. The third-order valence-electron chi connectivity index (χ3n) is 2.49. The Labute approximate surface area is 98.3 Å². The van der Waals surface area contributed by atoms with Crippen LogP contribution in [0.1, 0.15) is 0 Å². The first-order valence-electron chi connectivity index (χ1n) is 4.96. The van der Waals surface area contributed by atoms with E-state index in [9.17, 15) is 4.91 Å². The van der Waals surface area contributed by atoms with Crippen LogP contribution >= 0.6 is 11.6 Å². The molecule has 1 aromatic rings. The first-order chi connectivity index (χ1) is 7.77. The number of fused-ring (bicyclic) bond motifs is 1. The lowest BCUT2D eigenvalue weighted by atomic mass is 10.2. The van der Waals surface area contributed by atoms with E-state index in [-0.39, 0.29) is 6.04 Å². The van der Waals surface area contributed by atoms with E-state index in [1.807, 2.05) is 7.05 Å². The lowest BCUT2D eigenvalue weighted by molar-refractivity contribution is 0.260. The molecule has 1 aromatic carbocycles. The maximum atomic E-state index is 10.9. The zero-order chi connectivity index (χ0) is 11.5. The summed E-state index contributed by atoms with van der Waals surface area (Å²) in [5.41, 5.74) is 0.619. The Kier molecular flexibility index (Phi) is 3.26. The van der Waals surface area contributed by atoms with E-state index in [4.69, 9.17) is 16.3 Å². The van der Waals surface area contributed by atoms with Gasteiger partial charge in [-0.25, -0.2) is 5.01 Å². The minimum absolute atomic E-state index is 0.103. The zero-order valence-corrected chi connectivity index (χ0v) is 9.57. The number of rotatable bonds is 3. The number of halogens is 1. The molecule has 86 valence electrons. The van der Waals surface area contributed by atoms with E-state index in [1.54, 1.807) is 18.2 Å². The van der Waals surface area contributed by atoms with Crippen molar-refractivity contribution in [2.45, 2.75) is 6.04 Å². The van der Waals surface area contributed by atoms with Crippen molar-refractivity contribution in [3.05, 3.63) is 28.1 Å². The summed E-state index contributed by atoms with van der Waals surface area (Å²) in [6.45, 7) is 1.01. The van der Waals surface area contributed by atoms with Gasteiger partial charge in [-0.3, -0.25) is 0 Å². The number of benzene rings is 1. The van der Waals surface area contributed by atoms with Crippen LogP contribution in [-0.4, -0.2) is 26.2 Å². The highest BCUT2D eigenvalue weighted by atomic mass is 35.5. The van der Waals surface area contributed by atoms with E-state index in [0.717, 1.165) is 0 Å². The number of nitrogens with zero attached hydrogens (tertiary/aromatic N) is 2. The van der Waals surface area contributed by atoms with E-state index >= 15 is 0 Å². The smallest absolute Gasteiger partial charge is 0.163 e. The SMILES string of the molecule is CNCC1COc2c(Cl)cccc2N1N=O. The van der Waals surface area contributed by atoms with Gasteiger partial charge in [-0.1, -0.05) is 17.7 Å². The summed E-state index contributed by atoms with van der Waals surface area (Å²) in [7, 11) is 1.82. The maximum Gasteiger partial charge on any atom is 0.163 e. The molecule has 0 bridgehead atoms. The van der Waals surface area contributed by atoms with Crippen molar-refractivity contribution >= 4 is 17.3 Å². The molecule has 0 saturated carbocycles. The molecule has 0 spiro atoms. The van der Waals surface area contributed by atoms with Crippen molar-refractivity contribution < 1.29 is 4.74 Å². The number of likely N-dealkylation sites (N-methyl/N-ethyl adjacent to an activating group) is 1. The van der Waals surface area contributed by atoms with Gasteiger partial charge in [-0.05, 0) is 19.2 Å². The van der Waals surface area contributed by atoms with Gasteiger partial charge in [0.1, 0.15) is 18.3 Å². The van der Waals surface area contributed by atoms with E-state index in [1.165, 1.54) is 5.01 Å². The molecule has 1 atom stereocenters. The molecule has 1 aliphatic heterocycles. The van der Waals surface area contributed by atoms with E-state index < -0.39 is 0 Å². The number of para-hydroxylation sites is 1. The fraction of sp³-hybridized carbons (Fsp3) is 0.400. The number of anilines is 1.